The molecule has 138 valence electrons. The minimum Gasteiger partial charge on any atom is -0.360 e. The van der Waals surface area contributed by atoms with Crippen molar-refractivity contribution in [3.05, 3.63) is 102 Å². The van der Waals surface area contributed by atoms with Gasteiger partial charge >= 0.3 is 0 Å². The number of benzene rings is 1. The third kappa shape index (κ3) is 6.40. The molecule has 0 fully saturated rings. The fourth-order valence-electron chi connectivity index (χ4n) is 3.00. The van der Waals surface area contributed by atoms with Crippen molar-refractivity contribution < 1.29 is 0 Å². The molecule has 0 atom stereocenters. The molecule has 0 aliphatic carbocycles. The molecular formula is C25H33N. The largest absolute Gasteiger partial charge is 0.360 e. The Bertz CT molecular complexity index is 756. The molecule has 0 aromatic heterocycles. The smallest absolute Gasteiger partial charge is 0.0302 e. The lowest BCUT2D eigenvalue weighted by atomic mass is 9.90. The fourth-order valence-corrected chi connectivity index (χ4v) is 3.00. The Hall–Kier alpha value is -2.54. The van der Waals surface area contributed by atoms with E-state index in [9.17, 15) is 0 Å². The van der Waals surface area contributed by atoms with E-state index < -0.39 is 0 Å². The van der Waals surface area contributed by atoms with E-state index in [1.165, 1.54) is 27.8 Å². The molecule has 1 nitrogen and oxygen atoms in total. The highest BCUT2D eigenvalue weighted by atomic mass is 14.9. The van der Waals surface area contributed by atoms with Gasteiger partial charge in [-0.05, 0) is 61.1 Å². The lowest BCUT2D eigenvalue weighted by Crippen LogP contribution is -2.11. The molecule has 0 radical (unpaired) electrons. The van der Waals surface area contributed by atoms with E-state index in [1.807, 2.05) is 6.92 Å². The molecule has 26 heavy (non-hydrogen) atoms. The second-order valence-electron chi connectivity index (χ2n) is 6.74. The fraction of sp³-hybridized carbons (Fsp3) is 0.280. The Labute approximate surface area is 160 Å². The van der Waals surface area contributed by atoms with Crippen LogP contribution in [0.5, 0.6) is 0 Å². The van der Waals surface area contributed by atoms with Crippen LogP contribution in [0.25, 0.3) is 5.57 Å². The Morgan fingerprint density at radius 3 is 2.38 bits per heavy atom. The molecule has 1 heteroatoms. The van der Waals surface area contributed by atoms with E-state index in [2.05, 4.69) is 82.8 Å². The van der Waals surface area contributed by atoms with Gasteiger partial charge in [-0.25, -0.2) is 0 Å². The number of allylic oxidation sites excluding steroid dienone is 7. The Kier molecular flexibility index (Phi) is 8.64. The van der Waals surface area contributed by atoms with Crippen LogP contribution in [-0.4, -0.2) is 0 Å². The second-order valence-corrected chi connectivity index (χ2v) is 6.74. The first-order chi connectivity index (χ1) is 12.3. The van der Waals surface area contributed by atoms with Crippen molar-refractivity contribution in [1.82, 2.24) is 5.32 Å². The van der Waals surface area contributed by atoms with Gasteiger partial charge in [0.1, 0.15) is 0 Å². The highest BCUT2D eigenvalue weighted by Gasteiger charge is 2.09. The number of nitrogens with one attached hydrogen (secondary N) is 1. The lowest BCUT2D eigenvalue weighted by molar-refractivity contribution is 0.927. The summed E-state index contributed by atoms with van der Waals surface area (Å²) in [7, 11) is 0. The summed E-state index contributed by atoms with van der Waals surface area (Å²) < 4.78 is 0. The quantitative estimate of drug-likeness (QED) is 0.447. The molecule has 0 bridgehead atoms. The summed E-state index contributed by atoms with van der Waals surface area (Å²) in [5.74, 6) is 0. The highest BCUT2D eigenvalue weighted by molar-refractivity contribution is 5.79. The first kappa shape index (κ1) is 21.5. The zero-order chi connectivity index (χ0) is 19.7. The predicted molar refractivity (Wildman–Crippen MR) is 118 cm³/mol. The van der Waals surface area contributed by atoms with E-state index in [0.29, 0.717) is 0 Å². The van der Waals surface area contributed by atoms with Crippen molar-refractivity contribution in [3.63, 3.8) is 0 Å². The Morgan fingerprint density at radius 1 is 1.19 bits per heavy atom. The third-order valence-corrected chi connectivity index (χ3v) is 4.22. The van der Waals surface area contributed by atoms with Gasteiger partial charge in [-0.1, -0.05) is 75.6 Å². The summed E-state index contributed by atoms with van der Waals surface area (Å²) in [6.45, 7) is 24.2. The van der Waals surface area contributed by atoms with Crippen molar-refractivity contribution in [2.24, 2.45) is 0 Å². The molecule has 0 saturated carbocycles. The van der Waals surface area contributed by atoms with Crippen LogP contribution in [-0.2, 0) is 6.42 Å². The molecule has 0 spiro atoms. The van der Waals surface area contributed by atoms with E-state index in [4.69, 9.17) is 0 Å². The molecular weight excluding hydrogens is 314 g/mol. The predicted octanol–water partition coefficient (Wildman–Crippen LogP) is 7.05. The zero-order valence-electron chi connectivity index (χ0n) is 16.9. The van der Waals surface area contributed by atoms with Crippen LogP contribution in [0.1, 0.15) is 50.3 Å². The van der Waals surface area contributed by atoms with Crippen LogP contribution in [0, 0.1) is 6.92 Å². The maximum absolute atomic E-state index is 4.09. The summed E-state index contributed by atoms with van der Waals surface area (Å²) >= 11 is 0. The first-order valence-corrected chi connectivity index (χ1v) is 9.21. The topological polar surface area (TPSA) is 12.0 Å². The van der Waals surface area contributed by atoms with E-state index in [-0.39, 0.29) is 0 Å². The van der Waals surface area contributed by atoms with Gasteiger partial charge in [-0.3, -0.25) is 0 Å². The van der Waals surface area contributed by atoms with Gasteiger partial charge in [0.25, 0.3) is 0 Å². The van der Waals surface area contributed by atoms with Crippen molar-refractivity contribution in [2.75, 3.05) is 0 Å². The average molecular weight is 348 g/mol. The number of hydrogen-bond acceptors (Lipinski definition) is 1. The van der Waals surface area contributed by atoms with Crippen LogP contribution in [0.15, 0.2) is 85.3 Å². The molecule has 0 saturated heterocycles. The molecule has 0 unspecified atom stereocenters. The zero-order valence-corrected chi connectivity index (χ0v) is 16.9. The van der Waals surface area contributed by atoms with Gasteiger partial charge in [0.2, 0.25) is 0 Å². The number of aryl methyl sites for hydroxylation is 1. The standard InChI is InChI=1S/C25H33N/c1-9-12-23(15-18(4)5)25(11-3)24-14-13-22(19(6)16-24)17-21(8)26-20(7)10-2/h10-11,13-16,26H,2,4,7-9,12,17H2,1,3,5-6H3/b23-15-,25-11+. The number of rotatable bonds is 10. The molecule has 0 amide bonds. The van der Waals surface area contributed by atoms with E-state index in [0.717, 1.165) is 36.2 Å². The van der Waals surface area contributed by atoms with Crippen LogP contribution >= 0.6 is 0 Å². The summed E-state index contributed by atoms with van der Waals surface area (Å²) in [5, 5.41) is 3.17. The monoisotopic (exact) mass is 347 g/mol. The van der Waals surface area contributed by atoms with Crippen molar-refractivity contribution >= 4 is 5.57 Å². The van der Waals surface area contributed by atoms with Crippen molar-refractivity contribution in [1.29, 1.82) is 0 Å². The minimum absolute atomic E-state index is 0.771. The van der Waals surface area contributed by atoms with Gasteiger partial charge in [0.05, 0.1) is 0 Å². The van der Waals surface area contributed by atoms with Crippen LogP contribution in [0.3, 0.4) is 0 Å². The second kappa shape index (κ2) is 10.5. The van der Waals surface area contributed by atoms with E-state index in [1.54, 1.807) is 6.08 Å². The summed E-state index contributed by atoms with van der Waals surface area (Å²) in [4.78, 5) is 0. The van der Waals surface area contributed by atoms with Gasteiger partial charge in [-0.15, -0.1) is 0 Å². The van der Waals surface area contributed by atoms with Gasteiger partial charge < -0.3 is 5.32 Å². The van der Waals surface area contributed by atoms with Crippen LogP contribution in [0.2, 0.25) is 0 Å². The highest BCUT2D eigenvalue weighted by Crippen LogP contribution is 2.29. The molecule has 0 aliphatic rings. The van der Waals surface area contributed by atoms with Crippen molar-refractivity contribution in [2.45, 2.75) is 47.0 Å². The Balaban J connectivity index is 3.10. The summed E-state index contributed by atoms with van der Waals surface area (Å²) in [6.07, 6.45) is 9.04. The SMILES string of the molecule is C=CC(=C)NC(=C)Cc1ccc(C(=C/C)/C(=C\C(=C)C)CCC)cc1C. The molecule has 1 aromatic rings. The maximum atomic E-state index is 4.09. The molecule has 1 rings (SSSR count). The first-order valence-electron chi connectivity index (χ1n) is 9.21. The normalized spacial score (nSPS) is 11.8. The average Bonchev–Trinajstić information content (AvgIpc) is 2.57. The van der Waals surface area contributed by atoms with Crippen LogP contribution < -0.4 is 5.32 Å². The minimum atomic E-state index is 0.771. The summed E-state index contributed by atoms with van der Waals surface area (Å²) in [5.41, 5.74) is 9.21. The molecule has 0 aliphatic heterocycles. The number of hydrogen-bond donors (Lipinski definition) is 1. The Morgan fingerprint density at radius 2 is 1.88 bits per heavy atom. The molecule has 0 heterocycles. The lowest BCUT2D eigenvalue weighted by Gasteiger charge is -2.16. The van der Waals surface area contributed by atoms with E-state index >= 15 is 0 Å². The van der Waals surface area contributed by atoms with Crippen LogP contribution in [0.4, 0.5) is 0 Å². The van der Waals surface area contributed by atoms with Gasteiger partial charge in [0.15, 0.2) is 0 Å². The maximum Gasteiger partial charge on any atom is 0.0302 e. The van der Waals surface area contributed by atoms with Crippen molar-refractivity contribution in [3.8, 4) is 0 Å². The van der Waals surface area contributed by atoms with Gasteiger partial charge in [-0.2, -0.15) is 0 Å². The third-order valence-electron chi connectivity index (χ3n) is 4.22. The summed E-state index contributed by atoms with van der Waals surface area (Å²) in [6, 6.07) is 6.67. The van der Waals surface area contributed by atoms with Gasteiger partial charge in [0, 0.05) is 17.8 Å². The molecule has 1 aromatic carbocycles. The molecule has 1 N–H and O–H groups in total.